The summed E-state index contributed by atoms with van der Waals surface area (Å²) >= 11 is 3.45. The van der Waals surface area contributed by atoms with Gasteiger partial charge in [0.2, 0.25) is 5.89 Å². The fourth-order valence-corrected chi connectivity index (χ4v) is 3.56. The molecule has 124 valence electrons. The molecule has 0 saturated carbocycles. The lowest BCUT2D eigenvalue weighted by atomic mass is 9.96. The van der Waals surface area contributed by atoms with Gasteiger partial charge in [0.05, 0.1) is 4.47 Å². The molecule has 0 N–H and O–H groups in total. The van der Waals surface area contributed by atoms with Crippen molar-refractivity contribution in [1.82, 2.24) is 15.0 Å². The van der Waals surface area contributed by atoms with Gasteiger partial charge < -0.3 is 13.8 Å². The van der Waals surface area contributed by atoms with E-state index in [1.54, 1.807) is 6.07 Å². The zero-order chi connectivity index (χ0) is 16.7. The minimum absolute atomic E-state index is 0.0711. The fourth-order valence-electron chi connectivity index (χ4n) is 3.10. The molecule has 7 heteroatoms. The van der Waals surface area contributed by atoms with E-state index >= 15 is 0 Å². The first-order valence-electron chi connectivity index (χ1n) is 7.89. The predicted octanol–water partition coefficient (Wildman–Crippen LogP) is 3.91. The summed E-state index contributed by atoms with van der Waals surface area (Å²) in [4.78, 5) is 18.8. The number of aryl methyl sites for hydroxylation is 1. The lowest BCUT2D eigenvalue weighted by Crippen LogP contribution is -2.37. The average Bonchev–Trinajstić information content (AvgIpc) is 3.21. The second-order valence-electron chi connectivity index (χ2n) is 6.02. The summed E-state index contributed by atoms with van der Waals surface area (Å²) in [5.74, 6) is 1.85. The molecule has 0 radical (unpaired) electrons. The molecule has 0 atom stereocenters. The molecule has 3 heterocycles. The van der Waals surface area contributed by atoms with Gasteiger partial charge in [0.1, 0.15) is 5.58 Å². The zero-order valence-corrected chi connectivity index (χ0v) is 14.7. The summed E-state index contributed by atoms with van der Waals surface area (Å²) in [7, 11) is 0. The summed E-state index contributed by atoms with van der Waals surface area (Å²) in [5, 5.41) is 4.76. The van der Waals surface area contributed by atoms with Gasteiger partial charge in [-0.1, -0.05) is 17.3 Å². The molecule has 0 spiro atoms. The van der Waals surface area contributed by atoms with Crippen LogP contribution in [0, 0.1) is 6.92 Å². The summed E-state index contributed by atoms with van der Waals surface area (Å²) in [6, 6.07) is 7.56. The number of halogens is 1. The third-order valence-corrected chi connectivity index (χ3v) is 5.01. The summed E-state index contributed by atoms with van der Waals surface area (Å²) in [6.07, 6.45) is 1.63. The molecule has 0 bridgehead atoms. The highest BCUT2D eigenvalue weighted by Crippen LogP contribution is 2.30. The van der Waals surface area contributed by atoms with Crippen LogP contribution < -0.4 is 0 Å². The minimum Gasteiger partial charge on any atom is -0.450 e. The van der Waals surface area contributed by atoms with E-state index in [2.05, 4.69) is 26.1 Å². The zero-order valence-electron chi connectivity index (χ0n) is 13.2. The van der Waals surface area contributed by atoms with E-state index in [-0.39, 0.29) is 11.8 Å². The summed E-state index contributed by atoms with van der Waals surface area (Å²) in [6.45, 7) is 3.12. The van der Waals surface area contributed by atoms with Crippen LogP contribution in [-0.4, -0.2) is 34.0 Å². The van der Waals surface area contributed by atoms with Crippen LogP contribution in [0.3, 0.4) is 0 Å². The van der Waals surface area contributed by atoms with Crippen molar-refractivity contribution in [3.05, 3.63) is 46.2 Å². The Kier molecular flexibility index (Phi) is 3.88. The van der Waals surface area contributed by atoms with Gasteiger partial charge in [-0.2, -0.15) is 4.98 Å². The van der Waals surface area contributed by atoms with Gasteiger partial charge in [0.15, 0.2) is 11.6 Å². The van der Waals surface area contributed by atoms with E-state index in [0.29, 0.717) is 36.1 Å². The Hall–Kier alpha value is -2.15. The number of carbonyl (C=O) groups excluding carboxylic acids is 1. The Balaban J connectivity index is 1.48. The average molecular weight is 390 g/mol. The van der Waals surface area contributed by atoms with Gasteiger partial charge in [-0.05, 0) is 47.8 Å². The highest BCUT2D eigenvalue weighted by molar-refractivity contribution is 9.10. The summed E-state index contributed by atoms with van der Waals surface area (Å²) < 4.78 is 11.9. The van der Waals surface area contributed by atoms with Crippen LogP contribution in [0.25, 0.3) is 11.0 Å². The third kappa shape index (κ3) is 2.73. The van der Waals surface area contributed by atoms with Gasteiger partial charge in [-0.3, -0.25) is 4.79 Å². The number of aromatic nitrogens is 2. The van der Waals surface area contributed by atoms with E-state index in [1.807, 2.05) is 30.0 Å². The van der Waals surface area contributed by atoms with Crippen molar-refractivity contribution in [3.63, 3.8) is 0 Å². The van der Waals surface area contributed by atoms with Crippen LogP contribution in [0.5, 0.6) is 0 Å². The van der Waals surface area contributed by atoms with Crippen molar-refractivity contribution < 1.29 is 13.7 Å². The number of benzene rings is 1. The number of para-hydroxylation sites is 1. The molecule has 1 saturated heterocycles. The maximum absolute atomic E-state index is 12.7. The van der Waals surface area contributed by atoms with Crippen LogP contribution in [-0.2, 0) is 0 Å². The molecule has 1 aromatic carbocycles. The molecular weight excluding hydrogens is 374 g/mol. The van der Waals surface area contributed by atoms with Crippen LogP contribution in [0.15, 0.2) is 37.7 Å². The van der Waals surface area contributed by atoms with Crippen molar-refractivity contribution in [1.29, 1.82) is 0 Å². The Morgan fingerprint density at radius 2 is 2.12 bits per heavy atom. The SMILES string of the molecule is Cc1noc(C2CCN(C(=O)c3cc4cccc(Br)c4o3)CC2)n1. The van der Waals surface area contributed by atoms with Gasteiger partial charge in [0, 0.05) is 24.4 Å². The number of hydrogen-bond acceptors (Lipinski definition) is 5. The number of likely N-dealkylation sites (tertiary alicyclic amines) is 1. The van der Waals surface area contributed by atoms with Crippen molar-refractivity contribution in [2.45, 2.75) is 25.7 Å². The maximum Gasteiger partial charge on any atom is 0.289 e. The topological polar surface area (TPSA) is 72.4 Å². The molecule has 1 aliphatic rings. The minimum atomic E-state index is -0.0711. The Labute approximate surface area is 146 Å². The lowest BCUT2D eigenvalue weighted by molar-refractivity contribution is 0.0675. The monoisotopic (exact) mass is 389 g/mol. The standard InChI is InChI=1S/C17H16BrN3O3/c1-10-19-16(24-20-10)11-5-7-21(8-6-11)17(22)14-9-12-3-2-4-13(18)15(12)23-14/h2-4,9,11H,5-8H2,1H3. The molecule has 1 fully saturated rings. The lowest BCUT2D eigenvalue weighted by Gasteiger charge is -2.29. The number of nitrogens with zero attached hydrogens (tertiary/aromatic N) is 3. The third-order valence-electron chi connectivity index (χ3n) is 4.38. The largest absolute Gasteiger partial charge is 0.450 e. The first-order valence-corrected chi connectivity index (χ1v) is 8.68. The van der Waals surface area contributed by atoms with E-state index in [1.165, 1.54) is 0 Å². The number of hydrogen-bond donors (Lipinski definition) is 0. The highest BCUT2D eigenvalue weighted by Gasteiger charge is 2.29. The first kappa shape index (κ1) is 15.4. The van der Waals surface area contributed by atoms with E-state index < -0.39 is 0 Å². The molecular formula is C17H16BrN3O3. The van der Waals surface area contributed by atoms with Gasteiger partial charge in [-0.15, -0.1) is 0 Å². The number of fused-ring (bicyclic) bond motifs is 1. The Morgan fingerprint density at radius 1 is 1.33 bits per heavy atom. The summed E-state index contributed by atoms with van der Waals surface area (Å²) in [5.41, 5.74) is 0.706. The maximum atomic E-state index is 12.7. The second-order valence-corrected chi connectivity index (χ2v) is 6.87. The van der Waals surface area contributed by atoms with Crippen LogP contribution >= 0.6 is 15.9 Å². The molecule has 2 aromatic heterocycles. The number of rotatable bonds is 2. The quantitative estimate of drug-likeness (QED) is 0.664. The predicted molar refractivity (Wildman–Crippen MR) is 90.8 cm³/mol. The molecule has 4 rings (SSSR count). The van der Waals surface area contributed by atoms with E-state index in [0.717, 1.165) is 22.7 Å². The van der Waals surface area contributed by atoms with Gasteiger partial charge >= 0.3 is 0 Å². The Morgan fingerprint density at radius 3 is 2.79 bits per heavy atom. The van der Waals surface area contributed by atoms with Crippen LogP contribution in [0.4, 0.5) is 0 Å². The molecule has 1 aliphatic heterocycles. The van der Waals surface area contributed by atoms with Crippen LogP contribution in [0.1, 0.15) is 41.0 Å². The fraction of sp³-hybridized carbons (Fsp3) is 0.353. The Bertz CT molecular complexity index is 894. The van der Waals surface area contributed by atoms with Crippen molar-refractivity contribution >= 4 is 32.8 Å². The molecule has 0 aliphatic carbocycles. The normalized spacial score (nSPS) is 16.0. The molecule has 0 unspecified atom stereocenters. The van der Waals surface area contributed by atoms with Crippen molar-refractivity contribution in [2.75, 3.05) is 13.1 Å². The van der Waals surface area contributed by atoms with Crippen molar-refractivity contribution in [2.24, 2.45) is 0 Å². The molecule has 3 aromatic rings. The molecule has 1 amide bonds. The van der Waals surface area contributed by atoms with Crippen molar-refractivity contribution in [3.8, 4) is 0 Å². The van der Waals surface area contributed by atoms with Gasteiger partial charge in [-0.25, -0.2) is 0 Å². The first-order chi connectivity index (χ1) is 11.6. The number of furan rings is 1. The number of carbonyl (C=O) groups is 1. The number of piperidine rings is 1. The van der Waals surface area contributed by atoms with E-state index in [4.69, 9.17) is 8.94 Å². The molecule has 24 heavy (non-hydrogen) atoms. The van der Waals surface area contributed by atoms with E-state index in [9.17, 15) is 4.79 Å². The smallest absolute Gasteiger partial charge is 0.289 e. The number of amides is 1. The highest BCUT2D eigenvalue weighted by atomic mass is 79.9. The second kappa shape index (κ2) is 6.05. The molecule has 6 nitrogen and oxygen atoms in total. The van der Waals surface area contributed by atoms with Gasteiger partial charge in [0.25, 0.3) is 5.91 Å². The van der Waals surface area contributed by atoms with Crippen LogP contribution in [0.2, 0.25) is 0 Å².